The predicted molar refractivity (Wildman–Crippen MR) is 220 cm³/mol. The summed E-state index contributed by atoms with van der Waals surface area (Å²) in [6, 6.07) is 51.1. The van der Waals surface area contributed by atoms with Gasteiger partial charge in [0.25, 0.3) is 0 Å². The van der Waals surface area contributed by atoms with E-state index >= 15 is 0 Å². The lowest BCUT2D eigenvalue weighted by Gasteiger charge is -2.35. The summed E-state index contributed by atoms with van der Waals surface area (Å²) in [6.45, 7) is 6.56. The first-order chi connectivity index (χ1) is 26.3. The van der Waals surface area contributed by atoms with E-state index in [2.05, 4.69) is 152 Å². The normalized spacial score (nSPS) is 16.7. The van der Waals surface area contributed by atoms with Gasteiger partial charge in [0.05, 0.1) is 40.0 Å². The number of nitriles is 3. The van der Waals surface area contributed by atoms with Crippen molar-refractivity contribution >= 4 is 33.2 Å². The first kappa shape index (κ1) is 34.2. The van der Waals surface area contributed by atoms with Crippen LogP contribution in [0.3, 0.4) is 0 Å². The number of allylic oxidation sites excluding steroid dienone is 2. The van der Waals surface area contributed by atoms with Gasteiger partial charge < -0.3 is 9.47 Å². The molecule has 0 fully saturated rings. The summed E-state index contributed by atoms with van der Waals surface area (Å²) in [6.07, 6.45) is 2.96. The Balaban J connectivity index is 1.28. The Kier molecular flexibility index (Phi) is 8.83. The molecule has 3 atom stereocenters. The number of aryl methyl sites for hydroxylation is 1. The van der Waals surface area contributed by atoms with Crippen molar-refractivity contribution in [2.75, 3.05) is 11.9 Å². The highest BCUT2D eigenvalue weighted by Gasteiger charge is 2.31. The van der Waals surface area contributed by atoms with Crippen LogP contribution in [0.5, 0.6) is 0 Å². The second kappa shape index (κ2) is 13.9. The van der Waals surface area contributed by atoms with Crippen LogP contribution in [0.25, 0.3) is 49.7 Å². The van der Waals surface area contributed by atoms with Crippen molar-refractivity contribution in [2.45, 2.75) is 33.1 Å². The van der Waals surface area contributed by atoms with E-state index in [-0.39, 0.29) is 5.92 Å². The smallest absolute Gasteiger partial charge is 0.101 e. The standard InChI is InChI=1S/C49H39N5/c1-31-22-37(30-52)49-45(23-31)42-17-8-10-19-47(42)54(49)38-13-11-12-36(27-38)39-14-5-6-15-40(39)43-21-20-34(28-50)26-48(43)53(4)46-18-9-7-16-41(46)44-25-35(29-51)24-32(2)33(44)3/h5-23,25-27,32-33,44H,24H2,1-4H3. The lowest BCUT2D eigenvalue weighted by atomic mass is 9.72. The highest BCUT2D eigenvalue weighted by atomic mass is 15.1. The molecule has 0 N–H and O–H groups in total. The van der Waals surface area contributed by atoms with Gasteiger partial charge in [-0.25, -0.2) is 0 Å². The summed E-state index contributed by atoms with van der Waals surface area (Å²) < 4.78 is 2.21. The lowest BCUT2D eigenvalue weighted by molar-refractivity contribution is 0.338. The predicted octanol–water partition coefficient (Wildman–Crippen LogP) is 12.1. The van der Waals surface area contributed by atoms with Gasteiger partial charge in [0, 0.05) is 46.2 Å². The maximum atomic E-state index is 10.3. The molecule has 260 valence electrons. The zero-order chi connectivity index (χ0) is 37.5. The molecule has 0 saturated carbocycles. The van der Waals surface area contributed by atoms with E-state index in [9.17, 15) is 15.8 Å². The van der Waals surface area contributed by atoms with E-state index in [4.69, 9.17) is 0 Å². The van der Waals surface area contributed by atoms with Gasteiger partial charge in [0.15, 0.2) is 0 Å². The van der Waals surface area contributed by atoms with E-state index in [1.807, 2.05) is 37.3 Å². The van der Waals surface area contributed by atoms with E-state index < -0.39 is 0 Å². The Labute approximate surface area is 316 Å². The summed E-state index contributed by atoms with van der Waals surface area (Å²) in [5.41, 5.74) is 13.3. The van der Waals surface area contributed by atoms with Gasteiger partial charge in [-0.05, 0) is 102 Å². The zero-order valence-electron chi connectivity index (χ0n) is 30.9. The van der Waals surface area contributed by atoms with Crippen LogP contribution in [0.1, 0.15) is 48.4 Å². The third kappa shape index (κ3) is 5.80. The summed E-state index contributed by atoms with van der Waals surface area (Å²) in [5.74, 6) is 0.828. The molecule has 0 saturated heterocycles. The second-order valence-electron chi connectivity index (χ2n) is 14.6. The van der Waals surface area contributed by atoms with Gasteiger partial charge in [-0.15, -0.1) is 0 Å². The number of para-hydroxylation sites is 2. The Morgan fingerprint density at radius 2 is 1.43 bits per heavy atom. The maximum absolute atomic E-state index is 10.3. The minimum atomic E-state index is 0.0889. The highest BCUT2D eigenvalue weighted by molar-refractivity contribution is 6.11. The van der Waals surface area contributed by atoms with Crippen LogP contribution >= 0.6 is 0 Å². The summed E-state index contributed by atoms with van der Waals surface area (Å²) in [5, 5.41) is 32.4. The summed E-state index contributed by atoms with van der Waals surface area (Å²) >= 11 is 0. The molecular weight excluding hydrogens is 659 g/mol. The first-order valence-corrected chi connectivity index (χ1v) is 18.4. The van der Waals surface area contributed by atoms with Crippen LogP contribution in [0.4, 0.5) is 11.4 Å². The number of anilines is 2. The molecular formula is C49H39N5. The van der Waals surface area contributed by atoms with E-state index in [1.54, 1.807) is 0 Å². The third-order valence-electron chi connectivity index (χ3n) is 11.3. The van der Waals surface area contributed by atoms with E-state index in [0.29, 0.717) is 23.0 Å². The number of nitrogens with zero attached hydrogens (tertiary/aromatic N) is 5. The monoisotopic (exact) mass is 697 g/mol. The summed E-state index contributed by atoms with van der Waals surface area (Å²) in [4.78, 5) is 2.20. The number of aromatic nitrogens is 1. The lowest BCUT2D eigenvalue weighted by Crippen LogP contribution is -2.23. The van der Waals surface area contributed by atoms with Crippen LogP contribution in [0, 0.1) is 52.8 Å². The maximum Gasteiger partial charge on any atom is 0.101 e. The SMILES string of the molecule is Cc1cc(C#N)c2c(c1)c1ccccc1n2-c1cccc(-c2ccccc2-c2ccc(C#N)cc2N(C)c2ccccc2C2C=C(C#N)CC(C)C2C)c1. The molecule has 0 spiro atoms. The van der Waals surface area contributed by atoms with Gasteiger partial charge in [0.2, 0.25) is 0 Å². The largest absolute Gasteiger partial charge is 0.344 e. The number of hydrogen-bond donors (Lipinski definition) is 0. The van der Waals surface area contributed by atoms with Gasteiger partial charge >= 0.3 is 0 Å². The molecule has 0 aliphatic heterocycles. The Bertz CT molecular complexity index is 2760. The number of rotatable bonds is 6. The van der Waals surface area contributed by atoms with Crippen molar-refractivity contribution in [3.63, 3.8) is 0 Å². The van der Waals surface area contributed by atoms with E-state index in [0.717, 1.165) is 78.7 Å². The van der Waals surface area contributed by atoms with Crippen molar-refractivity contribution in [2.24, 2.45) is 11.8 Å². The fraction of sp³-hybridized carbons (Fsp3) is 0.163. The van der Waals surface area contributed by atoms with E-state index in [1.165, 1.54) is 5.56 Å². The average Bonchev–Trinajstić information content (AvgIpc) is 3.55. The number of hydrogen-bond acceptors (Lipinski definition) is 4. The molecule has 0 radical (unpaired) electrons. The Morgan fingerprint density at radius 3 is 2.22 bits per heavy atom. The highest BCUT2D eigenvalue weighted by Crippen LogP contribution is 2.46. The van der Waals surface area contributed by atoms with Gasteiger partial charge in [-0.1, -0.05) is 98.8 Å². The van der Waals surface area contributed by atoms with Gasteiger partial charge in [-0.3, -0.25) is 0 Å². The van der Waals surface area contributed by atoms with Crippen LogP contribution < -0.4 is 4.90 Å². The Morgan fingerprint density at radius 1 is 0.667 bits per heavy atom. The summed E-state index contributed by atoms with van der Waals surface area (Å²) in [7, 11) is 2.07. The molecule has 0 bridgehead atoms. The molecule has 1 heterocycles. The Hall–Kier alpha value is -6.87. The molecule has 5 heteroatoms. The third-order valence-corrected chi connectivity index (χ3v) is 11.3. The molecule has 6 aromatic carbocycles. The quantitative estimate of drug-likeness (QED) is 0.173. The van der Waals surface area contributed by atoms with Gasteiger partial charge in [-0.2, -0.15) is 15.8 Å². The van der Waals surface area contributed by atoms with Crippen molar-refractivity contribution in [1.29, 1.82) is 15.8 Å². The number of fused-ring (bicyclic) bond motifs is 3. The van der Waals surface area contributed by atoms with Crippen molar-refractivity contribution in [3.8, 4) is 46.1 Å². The molecule has 8 rings (SSSR count). The van der Waals surface area contributed by atoms with Crippen LogP contribution in [-0.4, -0.2) is 11.6 Å². The topological polar surface area (TPSA) is 79.5 Å². The zero-order valence-corrected chi connectivity index (χ0v) is 30.9. The molecule has 3 unspecified atom stereocenters. The average molecular weight is 698 g/mol. The van der Waals surface area contributed by atoms with Gasteiger partial charge in [0.1, 0.15) is 6.07 Å². The van der Waals surface area contributed by atoms with Crippen molar-refractivity contribution < 1.29 is 0 Å². The van der Waals surface area contributed by atoms with Crippen LogP contribution in [-0.2, 0) is 0 Å². The second-order valence-corrected chi connectivity index (χ2v) is 14.6. The molecule has 54 heavy (non-hydrogen) atoms. The van der Waals surface area contributed by atoms with Crippen molar-refractivity contribution in [1.82, 2.24) is 4.57 Å². The minimum absolute atomic E-state index is 0.0889. The molecule has 1 aliphatic carbocycles. The fourth-order valence-electron chi connectivity index (χ4n) is 8.47. The first-order valence-electron chi connectivity index (χ1n) is 18.4. The van der Waals surface area contributed by atoms with Crippen LogP contribution in [0.15, 0.2) is 139 Å². The number of benzene rings is 6. The van der Waals surface area contributed by atoms with Crippen LogP contribution in [0.2, 0.25) is 0 Å². The molecule has 1 aliphatic rings. The minimum Gasteiger partial charge on any atom is -0.344 e. The molecule has 5 nitrogen and oxygen atoms in total. The fourth-order valence-corrected chi connectivity index (χ4v) is 8.47. The van der Waals surface area contributed by atoms with Crippen molar-refractivity contribution in [3.05, 3.63) is 161 Å². The molecule has 7 aromatic rings. The molecule has 1 aromatic heterocycles. The molecule has 0 amide bonds.